The summed E-state index contributed by atoms with van der Waals surface area (Å²) in [4.78, 5) is 11.4. The number of sulfonamides is 1. The van der Waals surface area contributed by atoms with Crippen LogP contribution in [-0.2, 0) is 10.0 Å². The summed E-state index contributed by atoms with van der Waals surface area (Å²) >= 11 is 0. The first kappa shape index (κ1) is 18.8. The van der Waals surface area contributed by atoms with Crippen LogP contribution in [0.2, 0.25) is 0 Å². The van der Waals surface area contributed by atoms with Crippen LogP contribution in [0.5, 0.6) is 11.5 Å². The first-order chi connectivity index (χ1) is 11.9. The summed E-state index contributed by atoms with van der Waals surface area (Å²) < 4.78 is 38.4. The van der Waals surface area contributed by atoms with Gasteiger partial charge in [-0.15, -0.1) is 0 Å². The fourth-order valence-corrected chi connectivity index (χ4v) is 3.25. The molecule has 0 spiro atoms. The number of ether oxygens (including phenoxy) is 2. The number of hydrogen-bond acceptors (Lipinski definition) is 5. The lowest BCUT2D eigenvalue weighted by molar-refractivity contribution is 0.101. The van der Waals surface area contributed by atoms with Crippen molar-refractivity contribution in [1.82, 2.24) is 0 Å². The van der Waals surface area contributed by atoms with Gasteiger partial charge in [0.2, 0.25) is 0 Å². The molecule has 0 aromatic heterocycles. The molecule has 6 nitrogen and oxygen atoms in total. The summed E-state index contributed by atoms with van der Waals surface area (Å²) in [7, 11) is -3.77. The molecule has 0 fully saturated rings. The normalized spacial score (nSPS) is 11.0. The second-order valence-electron chi connectivity index (χ2n) is 5.21. The van der Waals surface area contributed by atoms with Gasteiger partial charge in [0, 0.05) is 11.6 Å². The van der Waals surface area contributed by atoms with Gasteiger partial charge >= 0.3 is 0 Å². The van der Waals surface area contributed by atoms with E-state index in [1.54, 1.807) is 18.2 Å². The Morgan fingerprint density at radius 2 is 1.56 bits per heavy atom. The standard InChI is InChI=1S/C18H21NO5S/c1-4-23-17-11-8-15(12-18(17)24-5-2)19-25(21,22)16-9-6-14(7-10-16)13(3)20/h6-12,19H,4-5H2,1-3H3. The number of hydrogen-bond donors (Lipinski definition) is 1. The quantitative estimate of drug-likeness (QED) is 0.726. The molecule has 25 heavy (non-hydrogen) atoms. The van der Waals surface area contributed by atoms with E-state index >= 15 is 0 Å². The highest BCUT2D eigenvalue weighted by molar-refractivity contribution is 7.92. The average molecular weight is 363 g/mol. The molecule has 2 aromatic carbocycles. The van der Waals surface area contributed by atoms with Gasteiger partial charge in [-0.1, -0.05) is 12.1 Å². The monoisotopic (exact) mass is 363 g/mol. The van der Waals surface area contributed by atoms with Gasteiger partial charge in [0.25, 0.3) is 10.0 Å². The van der Waals surface area contributed by atoms with Crippen molar-refractivity contribution in [3.05, 3.63) is 48.0 Å². The van der Waals surface area contributed by atoms with E-state index < -0.39 is 10.0 Å². The Bertz CT molecular complexity index is 844. The highest BCUT2D eigenvalue weighted by Crippen LogP contribution is 2.31. The van der Waals surface area contributed by atoms with E-state index in [0.717, 1.165) is 0 Å². The van der Waals surface area contributed by atoms with Gasteiger partial charge in [-0.2, -0.15) is 0 Å². The maximum absolute atomic E-state index is 12.5. The highest BCUT2D eigenvalue weighted by atomic mass is 32.2. The van der Waals surface area contributed by atoms with Crippen LogP contribution in [0.3, 0.4) is 0 Å². The number of Topliss-reactive ketones (excluding diaryl/α,β-unsaturated/α-hetero) is 1. The van der Waals surface area contributed by atoms with Crippen LogP contribution >= 0.6 is 0 Å². The van der Waals surface area contributed by atoms with E-state index in [-0.39, 0.29) is 10.7 Å². The van der Waals surface area contributed by atoms with Crippen molar-refractivity contribution in [2.75, 3.05) is 17.9 Å². The highest BCUT2D eigenvalue weighted by Gasteiger charge is 2.16. The van der Waals surface area contributed by atoms with Crippen LogP contribution < -0.4 is 14.2 Å². The number of anilines is 1. The second-order valence-corrected chi connectivity index (χ2v) is 6.90. The van der Waals surface area contributed by atoms with Gasteiger partial charge < -0.3 is 9.47 Å². The maximum atomic E-state index is 12.5. The van der Waals surface area contributed by atoms with Gasteiger partial charge in [-0.25, -0.2) is 8.42 Å². The first-order valence-corrected chi connectivity index (χ1v) is 9.39. The van der Waals surface area contributed by atoms with Crippen LogP contribution in [0.25, 0.3) is 0 Å². The smallest absolute Gasteiger partial charge is 0.261 e. The second kappa shape index (κ2) is 8.02. The summed E-state index contributed by atoms with van der Waals surface area (Å²) in [6.45, 7) is 6.04. The zero-order chi connectivity index (χ0) is 18.4. The Kier molecular flexibility index (Phi) is 6.03. The molecule has 0 aliphatic carbocycles. The Balaban J connectivity index is 2.27. The molecular formula is C18H21NO5S. The third-order valence-electron chi connectivity index (χ3n) is 3.37. The van der Waals surface area contributed by atoms with Crippen LogP contribution in [0.1, 0.15) is 31.1 Å². The molecule has 0 radical (unpaired) electrons. The van der Waals surface area contributed by atoms with Crippen molar-refractivity contribution in [2.24, 2.45) is 0 Å². The number of nitrogens with one attached hydrogen (secondary N) is 1. The summed E-state index contributed by atoms with van der Waals surface area (Å²) in [5.41, 5.74) is 0.821. The number of ketones is 1. The van der Waals surface area contributed by atoms with Crippen LogP contribution in [-0.4, -0.2) is 27.4 Å². The number of carbonyl (C=O) groups is 1. The molecule has 0 heterocycles. The fourth-order valence-electron chi connectivity index (χ4n) is 2.20. The van der Waals surface area contributed by atoms with Gasteiger partial charge in [-0.05, 0) is 45.0 Å². The fraction of sp³-hybridized carbons (Fsp3) is 0.278. The zero-order valence-corrected chi connectivity index (χ0v) is 15.2. The Morgan fingerprint density at radius 1 is 0.960 bits per heavy atom. The first-order valence-electron chi connectivity index (χ1n) is 7.90. The third-order valence-corrected chi connectivity index (χ3v) is 4.76. The van der Waals surface area contributed by atoms with Crippen molar-refractivity contribution in [3.63, 3.8) is 0 Å². The number of benzene rings is 2. The maximum Gasteiger partial charge on any atom is 0.261 e. The lowest BCUT2D eigenvalue weighted by Gasteiger charge is -2.14. The molecular weight excluding hydrogens is 342 g/mol. The van der Waals surface area contributed by atoms with Crippen LogP contribution in [0, 0.1) is 0 Å². The molecule has 2 rings (SSSR count). The van der Waals surface area contributed by atoms with Crippen LogP contribution in [0.4, 0.5) is 5.69 Å². The molecule has 1 N–H and O–H groups in total. The predicted octanol–water partition coefficient (Wildman–Crippen LogP) is 3.49. The van der Waals surface area contributed by atoms with E-state index in [4.69, 9.17) is 9.47 Å². The van der Waals surface area contributed by atoms with Gasteiger partial charge in [0.1, 0.15) is 0 Å². The molecule has 134 valence electrons. The van der Waals surface area contributed by atoms with E-state index in [0.29, 0.717) is 36.0 Å². The summed E-state index contributed by atoms with van der Waals surface area (Å²) in [5.74, 6) is 0.902. The molecule has 0 saturated carbocycles. The molecule has 0 unspecified atom stereocenters. The molecule has 0 atom stereocenters. The molecule has 2 aromatic rings. The van der Waals surface area contributed by atoms with Gasteiger partial charge in [0.15, 0.2) is 17.3 Å². The summed E-state index contributed by atoms with van der Waals surface area (Å²) in [6.07, 6.45) is 0. The minimum Gasteiger partial charge on any atom is -0.490 e. The topological polar surface area (TPSA) is 81.7 Å². The molecule has 0 aliphatic rings. The van der Waals surface area contributed by atoms with E-state index in [2.05, 4.69) is 4.72 Å². The van der Waals surface area contributed by atoms with Gasteiger partial charge in [0.05, 0.1) is 23.8 Å². The van der Waals surface area contributed by atoms with E-state index in [9.17, 15) is 13.2 Å². The van der Waals surface area contributed by atoms with Crippen LogP contribution in [0.15, 0.2) is 47.4 Å². The largest absolute Gasteiger partial charge is 0.490 e. The summed E-state index contributed by atoms with van der Waals surface area (Å²) in [5, 5.41) is 0. The summed E-state index contributed by atoms with van der Waals surface area (Å²) in [6, 6.07) is 10.6. The van der Waals surface area contributed by atoms with Crippen molar-refractivity contribution >= 4 is 21.5 Å². The Labute approximate surface area is 147 Å². The van der Waals surface area contributed by atoms with E-state index in [1.807, 2.05) is 13.8 Å². The van der Waals surface area contributed by atoms with E-state index in [1.165, 1.54) is 31.2 Å². The Hall–Kier alpha value is -2.54. The minimum atomic E-state index is -3.77. The minimum absolute atomic E-state index is 0.0735. The number of rotatable bonds is 8. The number of carbonyl (C=O) groups excluding carboxylic acids is 1. The lowest BCUT2D eigenvalue weighted by Crippen LogP contribution is -2.13. The van der Waals surface area contributed by atoms with Crippen molar-refractivity contribution in [1.29, 1.82) is 0 Å². The average Bonchev–Trinajstić information content (AvgIpc) is 2.57. The SMILES string of the molecule is CCOc1ccc(NS(=O)(=O)c2ccc(C(C)=O)cc2)cc1OCC. The zero-order valence-electron chi connectivity index (χ0n) is 14.4. The molecule has 0 saturated heterocycles. The third kappa shape index (κ3) is 4.73. The van der Waals surface area contributed by atoms with Gasteiger partial charge in [-0.3, -0.25) is 9.52 Å². The van der Waals surface area contributed by atoms with Crippen molar-refractivity contribution in [2.45, 2.75) is 25.7 Å². The van der Waals surface area contributed by atoms with Crippen molar-refractivity contribution < 1.29 is 22.7 Å². The molecule has 0 bridgehead atoms. The predicted molar refractivity (Wildman–Crippen MR) is 96.0 cm³/mol. The lowest BCUT2D eigenvalue weighted by atomic mass is 10.2. The molecule has 0 aliphatic heterocycles. The molecule has 0 amide bonds. The Morgan fingerprint density at radius 3 is 2.12 bits per heavy atom. The molecule has 7 heteroatoms. The van der Waals surface area contributed by atoms with Crippen molar-refractivity contribution in [3.8, 4) is 11.5 Å².